The van der Waals surface area contributed by atoms with Crippen molar-refractivity contribution in [2.24, 2.45) is 0 Å². The Balaban J connectivity index is 1.83. The van der Waals surface area contributed by atoms with Crippen LogP contribution in [0.25, 0.3) is 11.2 Å². The Morgan fingerprint density at radius 2 is 2.37 bits per heavy atom. The molecule has 1 atom stereocenters. The lowest BCUT2D eigenvalue weighted by atomic mass is 10.1. The predicted molar refractivity (Wildman–Crippen MR) is 67.9 cm³/mol. The van der Waals surface area contributed by atoms with Crippen molar-refractivity contribution >= 4 is 17.1 Å². The second kappa shape index (κ2) is 4.97. The number of fused-ring (bicyclic) bond motifs is 1. The standard InChI is InChI=1S/C13H15N3O3/c1-2-18-13(17)10-4-3-9-12(15-10)16-11(14-9)7-8-5-6-19-8/h3-4,8H,2,5-7H2,1H3,(H,14,15,16)/t8-/m1/s1. The molecule has 1 saturated heterocycles. The number of hydrogen-bond acceptors (Lipinski definition) is 5. The molecule has 100 valence electrons. The molecule has 1 aliphatic rings. The van der Waals surface area contributed by atoms with Gasteiger partial charge in [0.05, 0.1) is 18.2 Å². The van der Waals surface area contributed by atoms with Crippen molar-refractivity contribution in [3.63, 3.8) is 0 Å². The van der Waals surface area contributed by atoms with Crippen LogP contribution in [0.2, 0.25) is 0 Å². The van der Waals surface area contributed by atoms with Crippen molar-refractivity contribution in [3.05, 3.63) is 23.7 Å². The summed E-state index contributed by atoms with van der Waals surface area (Å²) in [4.78, 5) is 23.4. The number of aromatic nitrogens is 3. The molecular formula is C13H15N3O3. The first-order valence-electron chi connectivity index (χ1n) is 6.40. The van der Waals surface area contributed by atoms with Gasteiger partial charge in [-0.1, -0.05) is 0 Å². The Hall–Kier alpha value is -1.95. The molecule has 0 unspecified atom stereocenters. The smallest absolute Gasteiger partial charge is 0.357 e. The Kier molecular flexibility index (Phi) is 3.16. The van der Waals surface area contributed by atoms with Crippen molar-refractivity contribution in [1.29, 1.82) is 0 Å². The maximum Gasteiger partial charge on any atom is 0.357 e. The molecule has 6 heteroatoms. The van der Waals surface area contributed by atoms with Gasteiger partial charge in [-0.2, -0.15) is 0 Å². The number of carbonyl (C=O) groups is 1. The van der Waals surface area contributed by atoms with Gasteiger partial charge in [0, 0.05) is 13.0 Å². The van der Waals surface area contributed by atoms with Crippen LogP contribution in [0.5, 0.6) is 0 Å². The molecule has 1 aliphatic heterocycles. The molecule has 0 spiro atoms. The lowest BCUT2D eigenvalue weighted by Crippen LogP contribution is -2.29. The Bertz CT molecular complexity index is 604. The summed E-state index contributed by atoms with van der Waals surface area (Å²) in [6, 6.07) is 3.44. The number of pyridine rings is 1. The van der Waals surface area contributed by atoms with Crippen molar-refractivity contribution in [1.82, 2.24) is 15.0 Å². The highest BCUT2D eigenvalue weighted by Crippen LogP contribution is 2.17. The van der Waals surface area contributed by atoms with Gasteiger partial charge in [0.15, 0.2) is 11.3 Å². The van der Waals surface area contributed by atoms with Crippen molar-refractivity contribution < 1.29 is 14.3 Å². The minimum Gasteiger partial charge on any atom is -0.461 e. The molecule has 0 saturated carbocycles. The summed E-state index contributed by atoms with van der Waals surface area (Å²) >= 11 is 0. The second-order valence-electron chi connectivity index (χ2n) is 4.46. The molecule has 0 amide bonds. The van der Waals surface area contributed by atoms with Gasteiger partial charge in [-0.15, -0.1) is 0 Å². The maximum absolute atomic E-state index is 11.6. The zero-order valence-corrected chi connectivity index (χ0v) is 10.7. The van der Waals surface area contributed by atoms with Gasteiger partial charge >= 0.3 is 5.97 Å². The van der Waals surface area contributed by atoms with E-state index >= 15 is 0 Å². The topological polar surface area (TPSA) is 77.1 Å². The molecule has 1 N–H and O–H groups in total. The Morgan fingerprint density at radius 3 is 3.05 bits per heavy atom. The number of rotatable bonds is 4. The van der Waals surface area contributed by atoms with E-state index in [0.29, 0.717) is 12.3 Å². The summed E-state index contributed by atoms with van der Waals surface area (Å²) in [5.74, 6) is 0.421. The zero-order valence-electron chi connectivity index (χ0n) is 10.7. The van der Waals surface area contributed by atoms with E-state index in [9.17, 15) is 4.79 Å². The molecule has 2 aromatic heterocycles. The number of nitrogens with zero attached hydrogens (tertiary/aromatic N) is 2. The Morgan fingerprint density at radius 1 is 1.53 bits per heavy atom. The van der Waals surface area contributed by atoms with E-state index in [0.717, 1.165) is 30.8 Å². The van der Waals surface area contributed by atoms with Gasteiger partial charge in [0.2, 0.25) is 0 Å². The van der Waals surface area contributed by atoms with Crippen LogP contribution in [0.15, 0.2) is 12.1 Å². The Labute approximate surface area is 110 Å². The van der Waals surface area contributed by atoms with E-state index in [1.165, 1.54) is 0 Å². The van der Waals surface area contributed by atoms with Crippen LogP contribution in [0.4, 0.5) is 0 Å². The quantitative estimate of drug-likeness (QED) is 0.843. The SMILES string of the molecule is CCOC(=O)c1ccc2[nH]c(C[C@H]3CCO3)nc2n1. The highest BCUT2D eigenvalue weighted by Gasteiger charge is 2.20. The summed E-state index contributed by atoms with van der Waals surface area (Å²) < 4.78 is 10.3. The molecule has 6 nitrogen and oxygen atoms in total. The number of aromatic amines is 1. The summed E-state index contributed by atoms with van der Waals surface area (Å²) in [5, 5.41) is 0. The van der Waals surface area contributed by atoms with E-state index in [-0.39, 0.29) is 11.8 Å². The molecule has 0 aliphatic carbocycles. The van der Waals surface area contributed by atoms with E-state index < -0.39 is 5.97 Å². The van der Waals surface area contributed by atoms with Crippen molar-refractivity contribution in [2.45, 2.75) is 25.9 Å². The van der Waals surface area contributed by atoms with E-state index in [4.69, 9.17) is 9.47 Å². The molecule has 19 heavy (non-hydrogen) atoms. The van der Waals surface area contributed by atoms with E-state index in [1.807, 2.05) is 0 Å². The third-order valence-electron chi connectivity index (χ3n) is 3.09. The lowest BCUT2D eigenvalue weighted by Gasteiger charge is -2.25. The van der Waals surface area contributed by atoms with Crippen molar-refractivity contribution in [2.75, 3.05) is 13.2 Å². The highest BCUT2D eigenvalue weighted by atomic mass is 16.5. The van der Waals surface area contributed by atoms with Gasteiger partial charge in [-0.3, -0.25) is 0 Å². The average molecular weight is 261 g/mol. The molecule has 0 radical (unpaired) electrons. The maximum atomic E-state index is 11.6. The van der Waals surface area contributed by atoms with E-state index in [1.54, 1.807) is 19.1 Å². The van der Waals surface area contributed by atoms with Gasteiger partial charge < -0.3 is 14.5 Å². The van der Waals surface area contributed by atoms with Crippen LogP contribution in [-0.4, -0.2) is 40.2 Å². The third-order valence-corrected chi connectivity index (χ3v) is 3.09. The number of ether oxygens (including phenoxy) is 2. The van der Waals surface area contributed by atoms with E-state index in [2.05, 4.69) is 15.0 Å². The first-order valence-corrected chi connectivity index (χ1v) is 6.40. The second-order valence-corrected chi connectivity index (χ2v) is 4.46. The monoisotopic (exact) mass is 261 g/mol. The van der Waals surface area contributed by atoms with Crippen LogP contribution in [-0.2, 0) is 15.9 Å². The fourth-order valence-corrected chi connectivity index (χ4v) is 2.02. The molecule has 0 bridgehead atoms. The number of esters is 1. The normalized spacial score (nSPS) is 18.3. The molecule has 3 rings (SSSR count). The lowest BCUT2D eigenvalue weighted by molar-refractivity contribution is -0.0500. The number of imidazole rings is 1. The molecular weight excluding hydrogens is 246 g/mol. The summed E-state index contributed by atoms with van der Waals surface area (Å²) in [6.45, 7) is 2.93. The van der Waals surface area contributed by atoms with Gasteiger partial charge in [-0.25, -0.2) is 14.8 Å². The van der Waals surface area contributed by atoms with Crippen LogP contribution < -0.4 is 0 Å². The number of nitrogens with one attached hydrogen (secondary N) is 1. The average Bonchev–Trinajstić information content (AvgIpc) is 2.75. The van der Waals surface area contributed by atoms with Crippen LogP contribution in [0.1, 0.15) is 29.7 Å². The van der Waals surface area contributed by atoms with Crippen LogP contribution >= 0.6 is 0 Å². The third kappa shape index (κ3) is 2.44. The number of hydrogen-bond donors (Lipinski definition) is 1. The fraction of sp³-hybridized carbons (Fsp3) is 0.462. The highest BCUT2D eigenvalue weighted by molar-refractivity contribution is 5.89. The predicted octanol–water partition coefficient (Wildman–Crippen LogP) is 1.47. The van der Waals surface area contributed by atoms with Gasteiger partial charge in [-0.05, 0) is 25.5 Å². The summed E-state index contributed by atoms with van der Waals surface area (Å²) in [6.07, 6.45) is 2.08. The van der Waals surface area contributed by atoms with Gasteiger partial charge in [0.25, 0.3) is 0 Å². The zero-order chi connectivity index (χ0) is 13.2. The van der Waals surface area contributed by atoms with Crippen molar-refractivity contribution in [3.8, 4) is 0 Å². The number of H-pyrrole nitrogens is 1. The van der Waals surface area contributed by atoms with Crippen LogP contribution in [0, 0.1) is 0 Å². The fourth-order valence-electron chi connectivity index (χ4n) is 2.02. The summed E-state index contributed by atoms with van der Waals surface area (Å²) in [5.41, 5.74) is 1.65. The molecule has 0 aromatic carbocycles. The molecule has 1 fully saturated rings. The largest absolute Gasteiger partial charge is 0.461 e. The minimum atomic E-state index is -0.420. The molecule has 3 heterocycles. The number of carbonyl (C=O) groups excluding carboxylic acids is 1. The molecule has 2 aromatic rings. The first kappa shape index (κ1) is 12.1. The first-order chi connectivity index (χ1) is 9.26. The summed E-state index contributed by atoms with van der Waals surface area (Å²) in [7, 11) is 0. The van der Waals surface area contributed by atoms with Gasteiger partial charge in [0.1, 0.15) is 5.82 Å². The van der Waals surface area contributed by atoms with Crippen LogP contribution in [0.3, 0.4) is 0 Å². The minimum absolute atomic E-state index is 0.255.